The number of rotatable bonds is 3. The Bertz CT molecular complexity index is 3080. The van der Waals surface area contributed by atoms with Crippen molar-refractivity contribution in [1.29, 1.82) is 0 Å². The first-order chi connectivity index (χ1) is 24.9. The second-order valence-corrected chi connectivity index (χ2v) is 13.6. The molecule has 0 unspecified atom stereocenters. The number of para-hydroxylation sites is 2. The van der Waals surface area contributed by atoms with Crippen molar-refractivity contribution in [2.24, 2.45) is 0 Å². The van der Waals surface area contributed by atoms with Crippen LogP contribution in [-0.4, -0.2) is 40.1 Å². The summed E-state index contributed by atoms with van der Waals surface area (Å²) in [6.07, 6.45) is 0. The molecule has 0 aliphatic carbocycles. The van der Waals surface area contributed by atoms with Gasteiger partial charge in [-0.2, -0.15) is 0 Å². The fraction of sp³-hybridized carbons (Fsp3) is 0. The number of benzene rings is 7. The van der Waals surface area contributed by atoms with Gasteiger partial charge in [-0.05, 0) is 30.3 Å². The number of phenolic OH excluding ortho intramolecular Hbond substituents is 5. The topological polar surface area (TPSA) is 132 Å². The van der Waals surface area contributed by atoms with E-state index in [0.717, 1.165) is 27.5 Å². The quantitative estimate of drug-likeness (QED) is 0.0925. The van der Waals surface area contributed by atoms with E-state index in [0.29, 0.717) is 16.5 Å². The smallest absolute Gasteiger partial charge is 0.208 e. The van der Waals surface area contributed by atoms with Crippen LogP contribution in [0.5, 0.6) is 28.7 Å². The molecule has 244 valence electrons. The van der Waals surface area contributed by atoms with E-state index in [1.807, 2.05) is 41.7 Å². The lowest BCUT2D eigenvalue weighted by Gasteiger charge is -2.15. The van der Waals surface area contributed by atoms with Crippen LogP contribution < -0.4 is 0 Å². The monoisotopic (exact) mass is 683 g/mol. The Morgan fingerprint density at radius 1 is 0.510 bits per heavy atom. The Morgan fingerprint density at radius 2 is 1.14 bits per heavy atom. The van der Waals surface area contributed by atoms with E-state index in [1.165, 1.54) is 30.9 Å². The average Bonchev–Trinajstić information content (AvgIpc) is 3.73. The molecule has 3 aromatic heterocycles. The fourth-order valence-corrected chi connectivity index (χ4v) is 8.73. The molecule has 0 aliphatic heterocycles. The molecule has 0 spiro atoms. The Kier molecular flexibility index (Phi) is 6.04. The number of aromatic hydroxyl groups is 5. The summed E-state index contributed by atoms with van der Waals surface area (Å²) >= 11 is 1.82. The van der Waals surface area contributed by atoms with Gasteiger partial charge in [0.2, 0.25) is 17.2 Å². The van der Waals surface area contributed by atoms with Crippen molar-refractivity contribution < 1.29 is 25.5 Å². The van der Waals surface area contributed by atoms with Crippen molar-refractivity contribution >= 4 is 75.0 Å². The summed E-state index contributed by atoms with van der Waals surface area (Å²) in [6, 6.07) is 40.5. The summed E-state index contributed by atoms with van der Waals surface area (Å²) in [7, 11) is 0. The van der Waals surface area contributed by atoms with E-state index >= 15 is 0 Å². The summed E-state index contributed by atoms with van der Waals surface area (Å²) < 4.78 is 4.78. The highest BCUT2D eigenvalue weighted by Crippen LogP contribution is 2.55. The second-order valence-electron chi connectivity index (χ2n) is 12.5. The zero-order chi connectivity index (χ0) is 34.5. The zero-order valence-corrected chi connectivity index (χ0v) is 27.3. The third-order valence-corrected chi connectivity index (χ3v) is 10.9. The maximum absolute atomic E-state index is 10.9. The van der Waals surface area contributed by atoms with Gasteiger partial charge in [-0.25, -0.2) is 9.97 Å². The van der Waals surface area contributed by atoms with Crippen molar-refractivity contribution in [3.63, 3.8) is 0 Å². The van der Waals surface area contributed by atoms with Crippen LogP contribution >= 0.6 is 11.3 Å². The van der Waals surface area contributed by atoms with Gasteiger partial charge in [-0.3, -0.25) is 0 Å². The van der Waals surface area contributed by atoms with Gasteiger partial charge in [-0.15, -0.1) is 11.3 Å². The van der Waals surface area contributed by atoms with Crippen molar-refractivity contribution in [3.05, 3.63) is 121 Å². The number of aromatic nitrogens is 3. The summed E-state index contributed by atoms with van der Waals surface area (Å²) in [5.74, 6) is -4.35. The van der Waals surface area contributed by atoms with Gasteiger partial charge in [0.05, 0.1) is 27.8 Å². The molecule has 0 bridgehead atoms. The summed E-state index contributed by atoms with van der Waals surface area (Å²) in [5, 5.41) is 60.2. The van der Waals surface area contributed by atoms with Gasteiger partial charge in [0.1, 0.15) is 0 Å². The molecule has 51 heavy (non-hydrogen) atoms. The summed E-state index contributed by atoms with van der Waals surface area (Å²) in [6.45, 7) is 0. The molecule has 0 fully saturated rings. The summed E-state index contributed by atoms with van der Waals surface area (Å²) in [4.78, 5) is 9.66. The van der Waals surface area contributed by atoms with Gasteiger partial charge in [0, 0.05) is 58.4 Å². The predicted octanol–water partition coefficient (Wildman–Crippen LogP) is 10.1. The van der Waals surface area contributed by atoms with E-state index in [1.54, 1.807) is 18.2 Å². The molecule has 7 aromatic carbocycles. The highest BCUT2D eigenvalue weighted by atomic mass is 32.1. The van der Waals surface area contributed by atoms with Crippen molar-refractivity contribution in [1.82, 2.24) is 14.5 Å². The molecular weight excluding hydrogens is 659 g/mol. The minimum Gasteiger partial charge on any atom is -0.504 e. The van der Waals surface area contributed by atoms with Gasteiger partial charge < -0.3 is 30.1 Å². The van der Waals surface area contributed by atoms with E-state index in [-0.39, 0.29) is 17.1 Å². The molecule has 0 saturated carbocycles. The van der Waals surface area contributed by atoms with Crippen LogP contribution in [-0.2, 0) is 0 Å². The molecule has 0 radical (unpaired) electrons. The zero-order valence-electron chi connectivity index (χ0n) is 26.5. The first-order valence-corrected chi connectivity index (χ1v) is 17.0. The van der Waals surface area contributed by atoms with E-state index < -0.39 is 28.7 Å². The first kappa shape index (κ1) is 29.1. The van der Waals surface area contributed by atoms with Crippen molar-refractivity contribution in [2.75, 3.05) is 0 Å². The standard InChI is InChI=1S/C42H25N3O5S/c46-36-33(37(47)39(49)40(50)38(36)48)34-25-14-3-6-17-28(25)43-42(44-34)21-10-9-11-22(20-21)45-29-18-7-4-15-26(29)31-32-27-16-5-8-19-30(27)51-41(32)24-13-2-1-12-23(24)35(31)45/h1-20,46-50H. The number of thiophene rings is 1. The normalized spacial score (nSPS) is 11.9. The third kappa shape index (κ3) is 4.00. The third-order valence-electron chi connectivity index (χ3n) is 9.72. The molecule has 5 N–H and O–H groups in total. The van der Waals surface area contributed by atoms with Gasteiger partial charge in [0.25, 0.3) is 0 Å². The number of fused-ring (bicyclic) bond motifs is 11. The van der Waals surface area contributed by atoms with Gasteiger partial charge >= 0.3 is 0 Å². The highest BCUT2D eigenvalue weighted by molar-refractivity contribution is 7.27. The first-order valence-electron chi connectivity index (χ1n) is 16.2. The van der Waals surface area contributed by atoms with Gasteiger partial charge in [0.15, 0.2) is 17.3 Å². The minimum absolute atomic E-state index is 0.0659. The number of nitrogens with zero attached hydrogens (tertiary/aromatic N) is 3. The number of hydrogen-bond acceptors (Lipinski definition) is 8. The SMILES string of the molecule is Oc1c(O)c(O)c(-c2nc(-c3cccc(-n4c5ccccc5c5c6c7ccccc7sc6c6ccccc6c54)c3)nc3ccccc23)c(O)c1O. The molecular formula is C42H25N3O5S. The lowest BCUT2D eigenvalue weighted by molar-refractivity contribution is 0.330. The van der Waals surface area contributed by atoms with E-state index in [9.17, 15) is 25.5 Å². The van der Waals surface area contributed by atoms with Crippen LogP contribution in [0.3, 0.4) is 0 Å². The van der Waals surface area contributed by atoms with Crippen LogP contribution in [0.25, 0.3) is 92.0 Å². The van der Waals surface area contributed by atoms with Crippen LogP contribution in [0.2, 0.25) is 0 Å². The van der Waals surface area contributed by atoms with Crippen LogP contribution in [0.15, 0.2) is 121 Å². The average molecular weight is 684 g/mol. The number of hydrogen-bond donors (Lipinski definition) is 5. The molecule has 0 aliphatic rings. The maximum atomic E-state index is 10.9. The number of phenols is 5. The lowest BCUT2D eigenvalue weighted by Crippen LogP contribution is -1.98. The van der Waals surface area contributed by atoms with E-state index in [2.05, 4.69) is 77.4 Å². The largest absolute Gasteiger partial charge is 0.504 e. The predicted molar refractivity (Wildman–Crippen MR) is 203 cm³/mol. The van der Waals surface area contributed by atoms with Crippen LogP contribution in [0.1, 0.15) is 0 Å². The van der Waals surface area contributed by atoms with Crippen LogP contribution in [0.4, 0.5) is 0 Å². The molecule has 3 heterocycles. The summed E-state index contributed by atoms with van der Waals surface area (Å²) in [5.41, 5.74) is 3.90. The second kappa shape index (κ2) is 10.6. The lowest BCUT2D eigenvalue weighted by atomic mass is 10.00. The fourth-order valence-electron chi connectivity index (χ4n) is 7.48. The van der Waals surface area contributed by atoms with Crippen molar-refractivity contribution in [3.8, 4) is 57.1 Å². The van der Waals surface area contributed by atoms with Crippen molar-refractivity contribution in [2.45, 2.75) is 0 Å². The Morgan fingerprint density at radius 3 is 1.92 bits per heavy atom. The molecule has 10 aromatic rings. The minimum atomic E-state index is -1.04. The molecule has 8 nitrogen and oxygen atoms in total. The molecule has 9 heteroatoms. The maximum Gasteiger partial charge on any atom is 0.208 e. The Hall–Kier alpha value is -6.84. The Balaban J connectivity index is 1.28. The molecule has 10 rings (SSSR count). The van der Waals surface area contributed by atoms with E-state index in [4.69, 9.17) is 9.97 Å². The molecule has 0 saturated heterocycles. The Labute approximate surface area is 292 Å². The van der Waals surface area contributed by atoms with Gasteiger partial charge in [-0.1, -0.05) is 91.0 Å². The molecule has 0 amide bonds. The highest BCUT2D eigenvalue weighted by Gasteiger charge is 2.27. The molecule has 0 atom stereocenters. The van der Waals surface area contributed by atoms with Crippen LogP contribution in [0, 0.1) is 0 Å².